The molecule has 0 radical (unpaired) electrons. The molecular formula is C16H24NO+. The van der Waals surface area contributed by atoms with Crippen molar-refractivity contribution in [2.75, 3.05) is 20.1 Å². The second-order valence-electron chi connectivity index (χ2n) is 6.33. The lowest BCUT2D eigenvalue weighted by Gasteiger charge is -2.54. The molecule has 3 rings (SSSR count). The molecule has 0 unspecified atom stereocenters. The van der Waals surface area contributed by atoms with Crippen LogP contribution in [0.15, 0.2) is 30.3 Å². The lowest BCUT2D eigenvalue weighted by Crippen LogP contribution is -2.66. The summed E-state index contributed by atoms with van der Waals surface area (Å²) in [6.45, 7) is 2.47. The number of hydrogen-bond donors (Lipinski definition) is 1. The Morgan fingerprint density at radius 3 is 2.61 bits per heavy atom. The molecule has 2 heteroatoms. The quantitative estimate of drug-likeness (QED) is 0.755. The fourth-order valence-electron chi connectivity index (χ4n) is 4.24. The first-order valence-electron chi connectivity index (χ1n) is 7.27. The van der Waals surface area contributed by atoms with Crippen LogP contribution in [0.2, 0.25) is 0 Å². The van der Waals surface area contributed by atoms with Crippen molar-refractivity contribution in [2.45, 2.75) is 43.7 Å². The van der Waals surface area contributed by atoms with E-state index in [1.54, 1.807) is 0 Å². The van der Waals surface area contributed by atoms with Crippen LogP contribution in [0.3, 0.4) is 0 Å². The van der Waals surface area contributed by atoms with Crippen molar-refractivity contribution in [3.05, 3.63) is 35.9 Å². The maximum absolute atomic E-state index is 11.3. The minimum Gasteiger partial charge on any atom is -0.379 e. The van der Waals surface area contributed by atoms with E-state index in [0.717, 1.165) is 22.9 Å². The molecule has 1 aromatic carbocycles. The molecule has 0 aromatic heterocycles. The number of hydrogen-bond acceptors (Lipinski definition) is 1. The van der Waals surface area contributed by atoms with Crippen LogP contribution in [-0.2, 0) is 5.60 Å². The van der Waals surface area contributed by atoms with Gasteiger partial charge in [-0.2, -0.15) is 0 Å². The molecule has 2 aliphatic rings. The van der Waals surface area contributed by atoms with Crippen molar-refractivity contribution in [1.29, 1.82) is 0 Å². The third-order valence-corrected chi connectivity index (χ3v) is 5.20. The molecule has 1 N–H and O–H groups in total. The van der Waals surface area contributed by atoms with Gasteiger partial charge in [-0.15, -0.1) is 0 Å². The molecule has 0 spiro atoms. The van der Waals surface area contributed by atoms with E-state index in [1.165, 1.54) is 32.4 Å². The molecule has 0 aliphatic carbocycles. The smallest absolute Gasteiger partial charge is 0.141 e. The number of aliphatic hydroxyl groups is 1. The normalized spacial score (nSPS) is 40.2. The largest absolute Gasteiger partial charge is 0.379 e. The van der Waals surface area contributed by atoms with Crippen molar-refractivity contribution in [1.82, 2.24) is 0 Å². The van der Waals surface area contributed by atoms with E-state index >= 15 is 0 Å². The average Bonchev–Trinajstić information content (AvgIpc) is 2.39. The third-order valence-electron chi connectivity index (χ3n) is 5.20. The lowest BCUT2D eigenvalue weighted by molar-refractivity contribution is -0.952. The Labute approximate surface area is 110 Å². The van der Waals surface area contributed by atoms with E-state index in [4.69, 9.17) is 0 Å². The van der Waals surface area contributed by atoms with Gasteiger partial charge >= 0.3 is 0 Å². The van der Waals surface area contributed by atoms with Crippen LogP contribution in [0.5, 0.6) is 0 Å². The summed E-state index contributed by atoms with van der Waals surface area (Å²) in [4.78, 5) is 0. The predicted octanol–water partition coefficient (Wildman–Crippen LogP) is 2.67. The Morgan fingerprint density at radius 2 is 1.83 bits per heavy atom. The summed E-state index contributed by atoms with van der Waals surface area (Å²) in [5, 5.41) is 11.3. The molecular weight excluding hydrogens is 222 g/mol. The van der Waals surface area contributed by atoms with Crippen molar-refractivity contribution < 1.29 is 9.59 Å². The Kier molecular flexibility index (Phi) is 2.95. The number of piperidine rings is 2. The van der Waals surface area contributed by atoms with Crippen molar-refractivity contribution >= 4 is 0 Å². The highest BCUT2D eigenvalue weighted by Gasteiger charge is 2.53. The van der Waals surface area contributed by atoms with Gasteiger partial charge in [-0.3, -0.25) is 0 Å². The SMILES string of the molecule is C[N@@+]12CCCC[C@H]1[C@](O)(c1ccccc1)CCC2. The molecule has 0 saturated carbocycles. The van der Waals surface area contributed by atoms with Gasteiger partial charge in [0, 0.05) is 6.42 Å². The first kappa shape index (κ1) is 12.2. The number of likely N-dealkylation sites (N-methyl/N-ethyl adjacent to an activating group) is 1. The van der Waals surface area contributed by atoms with Crippen molar-refractivity contribution in [3.63, 3.8) is 0 Å². The fraction of sp³-hybridized carbons (Fsp3) is 0.625. The molecule has 18 heavy (non-hydrogen) atoms. The molecule has 2 saturated heterocycles. The summed E-state index contributed by atoms with van der Waals surface area (Å²) in [5.74, 6) is 0. The van der Waals surface area contributed by atoms with Gasteiger partial charge in [0.15, 0.2) is 0 Å². The second kappa shape index (κ2) is 4.36. The van der Waals surface area contributed by atoms with E-state index < -0.39 is 5.60 Å². The van der Waals surface area contributed by atoms with Gasteiger partial charge in [0.1, 0.15) is 11.6 Å². The van der Waals surface area contributed by atoms with Crippen LogP contribution in [0.4, 0.5) is 0 Å². The monoisotopic (exact) mass is 246 g/mol. The van der Waals surface area contributed by atoms with Gasteiger partial charge < -0.3 is 9.59 Å². The highest BCUT2D eigenvalue weighted by atomic mass is 16.3. The van der Waals surface area contributed by atoms with Crippen LogP contribution in [0.1, 0.15) is 37.7 Å². The van der Waals surface area contributed by atoms with Crippen LogP contribution in [0.25, 0.3) is 0 Å². The second-order valence-corrected chi connectivity index (χ2v) is 6.33. The zero-order valence-corrected chi connectivity index (χ0v) is 11.3. The standard InChI is InChI=1S/C16H24NO/c1-17-12-6-5-10-15(17)16(18,11-7-13-17)14-8-3-2-4-9-14/h2-4,8-9,15,18H,5-7,10-13H2,1H3/q+1/t15-,16+,17-/m0/s1. The highest BCUT2D eigenvalue weighted by molar-refractivity contribution is 5.24. The van der Waals surface area contributed by atoms with E-state index in [2.05, 4.69) is 31.3 Å². The van der Waals surface area contributed by atoms with Crippen LogP contribution in [-0.4, -0.2) is 35.8 Å². The Bertz CT molecular complexity index is 414. The first-order chi connectivity index (χ1) is 8.65. The number of rotatable bonds is 1. The average molecular weight is 246 g/mol. The Balaban J connectivity index is 2.00. The summed E-state index contributed by atoms with van der Waals surface area (Å²) < 4.78 is 1.07. The summed E-state index contributed by atoms with van der Waals surface area (Å²) in [5.41, 5.74) is 0.523. The summed E-state index contributed by atoms with van der Waals surface area (Å²) in [7, 11) is 2.34. The Morgan fingerprint density at radius 1 is 1.11 bits per heavy atom. The van der Waals surface area contributed by atoms with Gasteiger partial charge in [-0.05, 0) is 31.2 Å². The number of quaternary nitrogens is 1. The maximum atomic E-state index is 11.3. The zero-order valence-electron chi connectivity index (χ0n) is 11.3. The molecule has 3 atom stereocenters. The molecule has 0 amide bonds. The molecule has 2 nitrogen and oxygen atoms in total. The maximum Gasteiger partial charge on any atom is 0.141 e. The van der Waals surface area contributed by atoms with E-state index in [1.807, 2.05) is 6.07 Å². The number of fused-ring (bicyclic) bond motifs is 1. The van der Waals surface area contributed by atoms with Crippen LogP contribution in [0, 0.1) is 0 Å². The Hall–Kier alpha value is -0.860. The molecule has 2 heterocycles. The number of benzene rings is 1. The van der Waals surface area contributed by atoms with E-state index in [0.29, 0.717) is 6.04 Å². The van der Waals surface area contributed by atoms with Crippen LogP contribution < -0.4 is 0 Å². The van der Waals surface area contributed by atoms with Gasteiger partial charge in [0.25, 0.3) is 0 Å². The number of nitrogens with zero attached hydrogens (tertiary/aromatic N) is 1. The molecule has 2 fully saturated rings. The predicted molar refractivity (Wildman–Crippen MR) is 73.1 cm³/mol. The topological polar surface area (TPSA) is 20.2 Å². The zero-order chi connectivity index (χ0) is 12.6. The van der Waals surface area contributed by atoms with Gasteiger partial charge in [-0.1, -0.05) is 30.3 Å². The first-order valence-corrected chi connectivity index (χ1v) is 7.27. The molecule has 2 aliphatic heterocycles. The van der Waals surface area contributed by atoms with Gasteiger partial charge in [-0.25, -0.2) is 0 Å². The molecule has 98 valence electrons. The van der Waals surface area contributed by atoms with E-state index in [-0.39, 0.29) is 0 Å². The summed E-state index contributed by atoms with van der Waals surface area (Å²) >= 11 is 0. The lowest BCUT2D eigenvalue weighted by atomic mass is 9.74. The molecule has 1 aromatic rings. The minimum absolute atomic E-state index is 0.391. The summed E-state index contributed by atoms with van der Waals surface area (Å²) in [6, 6.07) is 10.7. The van der Waals surface area contributed by atoms with Crippen molar-refractivity contribution in [3.8, 4) is 0 Å². The van der Waals surface area contributed by atoms with Gasteiger partial charge in [0.2, 0.25) is 0 Å². The summed E-state index contributed by atoms with van der Waals surface area (Å²) in [6.07, 6.45) is 5.82. The van der Waals surface area contributed by atoms with Gasteiger partial charge in [0.05, 0.1) is 20.1 Å². The third kappa shape index (κ3) is 1.79. The molecule has 0 bridgehead atoms. The minimum atomic E-state index is -0.602. The highest BCUT2D eigenvalue weighted by Crippen LogP contribution is 2.44. The van der Waals surface area contributed by atoms with E-state index in [9.17, 15) is 5.11 Å². The van der Waals surface area contributed by atoms with Crippen LogP contribution >= 0.6 is 0 Å². The fourth-order valence-corrected chi connectivity index (χ4v) is 4.24. The van der Waals surface area contributed by atoms with Crippen molar-refractivity contribution in [2.24, 2.45) is 0 Å².